The number of ether oxygens (including phenoxy) is 1. The molecule has 32 heavy (non-hydrogen) atoms. The number of hydrogen-bond donors (Lipinski definition) is 1. The first-order valence-electron chi connectivity index (χ1n) is 11.2. The predicted octanol–water partition coefficient (Wildman–Crippen LogP) is 3.18. The van der Waals surface area contributed by atoms with Crippen molar-refractivity contribution in [2.75, 3.05) is 6.54 Å². The molecule has 1 aliphatic heterocycles. The average molecular weight is 443 g/mol. The summed E-state index contributed by atoms with van der Waals surface area (Å²) in [6.45, 7) is 12.1. The largest absolute Gasteiger partial charge is 0.444 e. The lowest BCUT2D eigenvalue weighted by atomic mass is 9.90. The van der Waals surface area contributed by atoms with Crippen LogP contribution < -0.4 is 10.9 Å². The third-order valence-corrected chi connectivity index (χ3v) is 5.70. The van der Waals surface area contributed by atoms with E-state index in [1.807, 2.05) is 59.7 Å². The molecule has 0 spiro atoms. The molecule has 174 valence electrons. The molecule has 8 heteroatoms. The van der Waals surface area contributed by atoms with Crippen LogP contribution in [0.1, 0.15) is 48.0 Å². The van der Waals surface area contributed by atoms with Gasteiger partial charge < -0.3 is 15.0 Å². The van der Waals surface area contributed by atoms with Gasteiger partial charge in [-0.15, -0.1) is 0 Å². The molecule has 1 aliphatic rings. The number of hydrogen-bond acceptors (Lipinski definition) is 5. The molecule has 0 bridgehead atoms. The van der Waals surface area contributed by atoms with Gasteiger partial charge in [-0.25, -0.2) is 9.48 Å². The molecule has 3 atom stereocenters. The minimum atomic E-state index is -0.590. The van der Waals surface area contributed by atoms with E-state index in [0.717, 1.165) is 5.39 Å². The average Bonchev–Trinajstić information content (AvgIpc) is 3.15. The lowest BCUT2D eigenvalue weighted by molar-refractivity contribution is -0.126. The van der Waals surface area contributed by atoms with Gasteiger partial charge in [-0.1, -0.05) is 32.0 Å². The zero-order chi connectivity index (χ0) is 23.6. The Labute approximate surface area is 188 Å². The lowest BCUT2D eigenvalue weighted by Gasteiger charge is -2.33. The van der Waals surface area contributed by atoms with Crippen LogP contribution in [0, 0.1) is 11.8 Å². The molecule has 2 aromatic rings. The second-order valence-corrected chi connectivity index (χ2v) is 9.93. The Hall–Kier alpha value is -2.90. The van der Waals surface area contributed by atoms with E-state index in [9.17, 15) is 14.4 Å². The van der Waals surface area contributed by atoms with Crippen LogP contribution in [0.2, 0.25) is 0 Å². The molecule has 1 saturated heterocycles. The summed E-state index contributed by atoms with van der Waals surface area (Å²) in [4.78, 5) is 40.2. The lowest BCUT2D eigenvalue weighted by Crippen LogP contribution is -2.49. The first-order valence-corrected chi connectivity index (χ1v) is 11.2. The molecular formula is C24H34N4O4. The second kappa shape index (κ2) is 9.30. The first kappa shape index (κ1) is 23.8. The summed E-state index contributed by atoms with van der Waals surface area (Å²) in [6, 6.07) is 6.78. The quantitative estimate of drug-likeness (QED) is 0.768. The highest BCUT2D eigenvalue weighted by molar-refractivity contribution is 5.82. The summed E-state index contributed by atoms with van der Waals surface area (Å²) >= 11 is 0. The maximum atomic E-state index is 13.1. The van der Waals surface area contributed by atoms with Gasteiger partial charge in [0, 0.05) is 24.0 Å². The van der Waals surface area contributed by atoms with Gasteiger partial charge in [0.05, 0.1) is 24.0 Å². The molecule has 2 heterocycles. The van der Waals surface area contributed by atoms with Gasteiger partial charge in [0.25, 0.3) is 5.56 Å². The van der Waals surface area contributed by atoms with Crippen LogP contribution in [-0.2, 0) is 16.1 Å². The molecule has 3 rings (SSSR count). The molecule has 0 aliphatic carbocycles. The van der Waals surface area contributed by atoms with Gasteiger partial charge in [-0.05, 0) is 46.1 Å². The van der Waals surface area contributed by atoms with Crippen molar-refractivity contribution in [2.45, 2.75) is 72.2 Å². The number of carbonyl (C=O) groups excluding carboxylic acids is 2. The van der Waals surface area contributed by atoms with Crippen molar-refractivity contribution in [1.82, 2.24) is 20.0 Å². The summed E-state index contributed by atoms with van der Waals surface area (Å²) in [5, 5.41) is 8.66. The first-order chi connectivity index (χ1) is 15.0. The van der Waals surface area contributed by atoms with Gasteiger partial charge in [0.2, 0.25) is 5.91 Å². The topological polar surface area (TPSA) is 93.5 Å². The number of benzene rings is 1. The highest BCUT2D eigenvalue weighted by Gasteiger charge is 2.44. The van der Waals surface area contributed by atoms with Crippen molar-refractivity contribution < 1.29 is 14.3 Å². The van der Waals surface area contributed by atoms with Crippen LogP contribution in [0.5, 0.6) is 0 Å². The van der Waals surface area contributed by atoms with E-state index in [1.165, 1.54) is 4.68 Å². The van der Waals surface area contributed by atoms with Crippen LogP contribution >= 0.6 is 0 Å². The fourth-order valence-corrected chi connectivity index (χ4v) is 4.37. The Balaban J connectivity index is 1.69. The van der Waals surface area contributed by atoms with Crippen LogP contribution in [0.4, 0.5) is 4.79 Å². The van der Waals surface area contributed by atoms with Crippen molar-refractivity contribution in [3.8, 4) is 0 Å². The van der Waals surface area contributed by atoms with Crippen molar-refractivity contribution in [3.63, 3.8) is 0 Å². The van der Waals surface area contributed by atoms with Crippen molar-refractivity contribution in [3.05, 3.63) is 40.8 Å². The highest BCUT2D eigenvalue weighted by atomic mass is 16.6. The molecule has 2 amide bonds. The highest BCUT2D eigenvalue weighted by Crippen LogP contribution is 2.31. The molecule has 1 fully saturated rings. The SMILES string of the molecule is CC(C)[C@@H]1[C@@H](C(=O)N[C@H](C)Cn2ncc3ccccc3c2=O)CCN1C(=O)OC(C)(C)C. The molecule has 0 unspecified atom stereocenters. The van der Waals surface area contributed by atoms with Gasteiger partial charge in [-0.2, -0.15) is 5.10 Å². The number of rotatable bonds is 5. The van der Waals surface area contributed by atoms with Gasteiger partial charge >= 0.3 is 6.09 Å². The van der Waals surface area contributed by atoms with Crippen molar-refractivity contribution in [1.29, 1.82) is 0 Å². The Morgan fingerprint density at radius 3 is 2.56 bits per heavy atom. The van der Waals surface area contributed by atoms with Crippen LogP contribution in [0.3, 0.4) is 0 Å². The second-order valence-electron chi connectivity index (χ2n) is 9.93. The molecule has 0 radical (unpaired) electrons. The summed E-state index contributed by atoms with van der Waals surface area (Å²) in [5.41, 5.74) is -0.769. The van der Waals surface area contributed by atoms with Gasteiger partial charge in [0.1, 0.15) is 5.60 Å². The molecule has 1 aromatic carbocycles. The van der Waals surface area contributed by atoms with Gasteiger partial charge in [-0.3, -0.25) is 9.59 Å². The number of nitrogens with one attached hydrogen (secondary N) is 1. The smallest absolute Gasteiger partial charge is 0.410 e. The Kier molecular flexibility index (Phi) is 6.91. The fraction of sp³-hybridized carbons (Fsp3) is 0.583. The van der Waals surface area contributed by atoms with E-state index in [-0.39, 0.29) is 48.0 Å². The number of fused-ring (bicyclic) bond motifs is 1. The number of amides is 2. The summed E-state index contributed by atoms with van der Waals surface area (Å²) in [5.74, 6) is -0.344. The van der Waals surface area contributed by atoms with E-state index in [1.54, 1.807) is 17.2 Å². The third kappa shape index (κ3) is 5.29. The molecule has 1 N–H and O–H groups in total. The number of carbonyl (C=O) groups is 2. The van der Waals surface area contributed by atoms with Crippen LogP contribution in [0.25, 0.3) is 10.8 Å². The minimum Gasteiger partial charge on any atom is -0.444 e. The molecular weight excluding hydrogens is 408 g/mol. The standard InChI is InChI=1S/C24H34N4O4/c1-15(2)20-19(11-12-27(20)23(31)32-24(4,5)6)21(29)26-16(3)14-28-22(30)18-10-8-7-9-17(18)13-25-28/h7-10,13,15-16,19-20H,11-12,14H2,1-6H3,(H,26,29)/t16-,19+,20-/m1/s1. The van der Waals surface area contributed by atoms with Crippen LogP contribution in [-0.4, -0.2) is 50.9 Å². The summed E-state index contributed by atoms with van der Waals surface area (Å²) in [7, 11) is 0. The van der Waals surface area contributed by atoms with Gasteiger partial charge in [0.15, 0.2) is 0 Å². The molecule has 1 aromatic heterocycles. The van der Waals surface area contributed by atoms with Crippen molar-refractivity contribution >= 4 is 22.8 Å². The van der Waals surface area contributed by atoms with E-state index in [0.29, 0.717) is 18.4 Å². The zero-order valence-electron chi connectivity index (χ0n) is 19.8. The number of nitrogens with zero attached hydrogens (tertiary/aromatic N) is 3. The van der Waals surface area contributed by atoms with E-state index < -0.39 is 5.60 Å². The number of aromatic nitrogens is 2. The maximum Gasteiger partial charge on any atom is 0.410 e. The predicted molar refractivity (Wildman–Crippen MR) is 123 cm³/mol. The molecule has 0 saturated carbocycles. The minimum absolute atomic E-state index is 0.0980. The zero-order valence-corrected chi connectivity index (χ0v) is 19.8. The van der Waals surface area contributed by atoms with Crippen LogP contribution in [0.15, 0.2) is 35.3 Å². The molecule has 8 nitrogen and oxygen atoms in total. The van der Waals surface area contributed by atoms with E-state index in [2.05, 4.69) is 10.4 Å². The summed E-state index contributed by atoms with van der Waals surface area (Å²) in [6.07, 6.45) is 1.86. The Morgan fingerprint density at radius 1 is 1.22 bits per heavy atom. The Morgan fingerprint density at radius 2 is 1.91 bits per heavy atom. The number of likely N-dealkylation sites (tertiary alicyclic amines) is 1. The monoisotopic (exact) mass is 442 g/mol. The maximum absolute atomic E-state index is 13.1. The third-order valence-electron chi connectivity index (χ3n) is 5.70. The fourth-order valence-electron chi connectivity index (χ4n) is 4.37. The van der Waals surface area contributed by atoms with E-state index >= 15 is 0 Å². The normalized spacial score (nSPS) is 19.9. The Bertz CT molecular complexity index is 1040. The van der Waals surface area contributed by atoms with Crippen molar-refractivity contribution in [2.24, 2.45) is 11.8 Å². The summed E-state index contributed by atoms with van der Waals surface area (Å²) < 4.78 is 6.93. The van der Waals surface area contributed by atoms with E-state index in [4.69, 9.17) is 4.74 Å².